The Balaban J connectivity index is 1.84. The average Bonchev–Trinajstić information content (AvgIpc) is 3.05. The molecule has 0 atom stereocenters. The molecular formula is C17H22BrNO4. The first-order chi connectivity index (χ1) is 11.1. The summed E-state index contributed by atoms with van der Waals surface area (Å²) in [6, 6.07) is 3.94. The number of halogens is 1. The van der Waals surface area contributed by atoms with Crippen LogP contribution in [0.4, 0.5) is 0 Å². The summed E-state index contributed by atoms with van der Waals surface area (Å²) >= 11 is 3.61. The minimum atomic E-state index is -0.512. The van der Waals surface area contributed by atoms with Gasteiger partial charge in [-0.25, -0.2) is 0 Å². The third-order valence-corrected chi connectivity index (χ3v) is 5.58. The van der Waals surface area contributed by atoms with E-state index in [1.54, 1.807) is 0 Å². The van der Waals surface area contributed by atoms with Gasteiger partial charge in [0.05, 0.1) is 7.11 Å². The molecule has 1 aliphatic carbocycles. The number of benzene rings is 1. The Bertz CT molecular complexity index is 599. The molecule has 1 fully saturated rings. The summed E-state index contributed by atoms with van der Waals surface area (Å²) in [4.78, 5) is 14.5. The maximum absolute atomic E-state index is 12.4. The van der Waals surface area contributed by atoms with Crippen molar-refractivity contribution >= 4 is 21.9 Å². The van der Waals surface area contributed by atoms with E-state index >= 15 is 0 Å². The number of hydrogen-bond acceptors (Lipinski definition) is 5. The molecule has 6 heteroatoms. The van der Waals surface area contributed by atoms with Crippen LogP contribution in [0.3, 0.4) is 0 Å². The first-order valence-electron chi connectivity index (χ1n) is 7.94. The summed E-state index contributed by atoms with van der Waals surface area (Å²) in [5.74, 6) is 1.39. The number of likely N-dealkylation sites (N-methyl/N-ethyl adjacent to an activating group) is 1. The van der Waals surface area contributed by atoms with Crippen molar-refractivity contribution in [1.82, 2.24) is 4.90 Å². The number of hydrogen-bond donors (Lipinski definition) is 0. The van der Waals surface area contributed by atoms with Crippen LogP contribution in [0.1, 0.15) is 31.2 Å². The summed E-state index contributed by atoms with van der Waals surface area (Å²) < 4.78 is 17.3. The molecule has 1 saturated carbocycles. The summed E-state index contributed by atoms with van der Waals surface area (Å²) in [6.07, 6.45) is 3.81. The van der Waals surface area contributed by atoms with Crippen LogP contribution in [0, 0.1) is 0 Å². The van der Waals surface area contributed by atoms with E-state index in [-0.39, 0.29) is 5.97 Å². The maximum atomic E-state index is 12.4. The zero-order chi connectivity index (χ0) is 16.4. The smallest absolute Gasteiger partial charge is 0.326 e. The Morgan fingerprint density at radius 3 is 2.48 bits per heavy atom. The monoisotopic (exact) mass is 383 g/mol. The highest BCUT2D eigenvalue weighted by Crippen LogP contribution is 2.39. The van der Waals surface area contributed by atoms with Crippen molar-refractivity contribution in [3.8, 4) is 11.5 Å². The van der Waals surface area contributed by atoms with E-state index in [2.05, 4.69) is 20.8 Å². The Labute approximate surface area is 145 Å². The van der Waals surface area contributed by atoms with Crippen molar-refractivity contribution in [2.75, 3.05) is 27.4 Å². The van der Waals surface area contributed by atoms with E-state index in [9.17, 15) is 4.79 Å². The van der Waals surface area contributed by atoms with Gasteiger partial charge >= 0.3 is 5.97 Å². The summed E-state index contributed by atoms with van der Waals surface area (Å²) in [7, 11) is 3.46. The fourth-order valence-corrected chi connectivity index (χ4v) is 3.97. The van der Waals surface area contributed by atoms with Crippen LogP contribution < -0.4 is 9.47 Å². The predicted octanol–water partition coefficient (Wildman–Crippen LogP) is 3.14. The number of carbonyl (C=O) groups is 1. The molecular weight excluding hydrogens is 362 g/mol. The molecule has 0 amide bonds. The standard InChI is InChI=1S/C17H22BrNO4/c1-19(17(16(20)21-2)5-3-4-6-17)11-12-9-14-15(10-13(12)18)23-8-7-22-14/h9-10H,3-8,11H2,1-2H3. The highest BCUT2D eigenvalue weighted by atomic mass is 79.9. The molecule has 0 unspecified atom stereocenters. The molecule has 2 aliphatic rings. The lowest BCUT2D eigenvalue weighted by Crippen LogP contribution is -2.51. The van der Waals surface area contributed by atoms with Gasteiger partial charge in [-0.1, -0.05) is 28.8 Å². The van der Waals surface area contributed by atoms with Gasteiger partial charge in [0.2, 0.25) is 0 Å². The number of carbonyl (C=O) groups excluding carboxylic acids is 1. The number of esters is 1. The molecule has 0 radical (unpaired) electrons. The molecule has 126 valence electrons. The normalized spacial score (nSPS) is 19.0. The zero-order valence-electron chi connectivity index (χ0n) is 13.6. The van der Waals surface area contributed by atoms with Gasteiger partial charge in [-0.2, -0.15) is 0 Å². The predicted molar refractivity (Wildman–Crippen MR) is 89.8 cm³/mol. The largest absolute Gasteiger partial charge is 0.486 e. The lowest BCUT2D eigenvalue weighted by Gasteiger charge is -2.36. The van der Waals surface area contributed by atoms with Crippen LogP contribution >= 0.6 is 15.9 Å². The SMILES string of the molecule is COC(=O)C1(N(C)Cc2cc3c(cc2Br)OCCO3)CCCC1. The highest BCUT2D eigenvalue weighted by molar-refractivity contribution is 9.10. The molecule has 23 heavy (non-hydrogen) atoms. The van der Waals surface area contributed by atoms with Gasteiger partial charge in [-0.05, 0) is 37.6 Å². The first kappa shape index (κ1) is 16.6. The molecule has 3 rings (SSSR count). The molecule has 1 heterocycles. The third kappa shape index (κ3) is 3.06. The first-order valence-corrected chi connectivity index (χ1v) is 8.74. The van der Waals surface area contributed by atoms with Gasteiger partial charge in [0.15, 0.2) is 11.5 Å². The van der Waals surface area contributed by atoms with Gasteiger partial charge in [0.1, 0.15) is 18.8 Å². The number of methoxy groups -OCH3 is 1. The molecule has 1 aromatic carbocycles. The molecule has 1 aromatic rings. The lowest BCUT2D eigenvalue weighted by molar-refractivity contribution is -0.154. The molecule has 0 spiro atoms. The number of rotatable bonds is 4. The molecule has 0 aromatic heterocycles. The number of fused-ring (bicyclic) bond motifs is 1. The topological polar surface area (TPSA) is 48.0 Å². The minimum absolute atomic E-state index is 0.133. The van der Waals surface area contributed by atoms with Crippen molar-refractivity contribution in [3.63, 3.8) is 0 Å². The van der Waals surface area contributed by atoms with E-state index < -0.39 is 5.54 Å². The van der Waals surface area contributed by atoms with Crippen molar-refractivity contribution in [2.24, 2.45) is 0 Å². The van der Waals surface area contributed by atoms with Gasteiger partial charge in [0.25, 0.3) is 0 Å². The average molecular weight is 384 g/mol. The fraction of sp³-hybridized carbons (Fsp3) is 0.588. The second kappa shape index (κ2) is 6.69. The summed E-state index contributed by atoms with van der Waals surface area (Å²) in [5, 5.41) is 0. The molecule has 5 nitrogen and oxygen atoms in total. The van der Waals surface area contributed by atoms with Gasteiger partial charge in [0, 0.05) is 11.0 Å². The van der Waals surface area contributed by atoms with Crippen LogP contribution in [0.2, 0.25) is 0 Å². The quantitative estimate of drug-likeness (QED) is 0.747. The Morgan fingerprint density at radius 1 is 1.26 bits per heavy atom. The second-order valence-corrected chi connectivity index (χ2v) is 7.03. The van der Waals surface area contributed by atoms with Crippen LogP contribution in [0.5, 0.6) is 11.5 Å². The van der Waals surface area contributed by atoms with Crippen molar-refractivity contribution in [1.29, 1.82) is 0 Å². The van der Waals surface area contributed by atoms with E-state index in [0.29, 0.717) is 19.8 Å². The minimum Gasteiger partial charge on any atom is -0.486 e. The molecule has 0 bridgehead atoms. The van der Waals surface area contributed by atoms with Crippen LogP contribution in [0.15, 0.2) is 16.6 Å². The van der Waals surface area contributed by atoms with E-state index in [4.69, 9.17) is 14.2 Å². The van der Waals surface area contributed by atoms with Crippen molar-refractivity contribution in [3.05, 3.63) is 22.2 Å². The highest BCUT2D eigenvalue weighted by Gasteiger charge is 2.45. The second-order valence-electron chi connectivity index (χ2n) is 6.17. The Hall–Kier alpha value is -1.27. The van der Waals surface area contributed by atoms with Gasteiger partial charge < -0.3 is 14.2 Å². The fourth-order valence-electron chi connectivity index (χ4n) is 3.53. The Morgan fingerprint density at radius 2 is 1.87 bits per heavy atom. The third-order valence-electron chi connectivity index (χ3n) is 4.85. The van der Waals surface area contributed by atoms with Crippen molar-refractivity contribution < 1.29 is 19.0 Å². The van der Waals surface area contributed by atoms with E-state index in [0.717, 1.165) is 47.2 Å². The van der Waals surface area contributed by atoms with E-state index in [1.165, 1.54) is 7.11 Å². The summed E-state index contributed by atoms with van der Waals surface area (Å²) in [5.41, 5.74) is 0.563. The van der Waals surface area contributed by atoms with Crippen LogP contribution in [-0.4, -0.2) is 43.8 Å². The molecule has 1 aliphatic heterocycles. The van der Waals surface area contributed by atoms with Crippen LogP contribution in [-0.2, 0) is 16.1 Å². The Kier molecular flexibility index (Phi) is 4.82. The molecule has 0 N–H and O–H groups in total. The maximum Gasteiger partial charge on any atom is 0.326 e. The lowest BCUT2D eigenvalue weighted by atomic mass is 9.95. The van der Waals surface area contributed by atoms with Crippen molar-refractivity contribution in [2.45, 2.75) is 37.8 Å². The zero-order valence-corrected chi connectivity index (χ0v) is 15.1. The number of ether oxygens (including phenoxy) is 3. The van der Waals surface area contributed by atoms with Gasteiger partial charge in [-0.3, -0.25) is 9.69 Å². The molecule has 0 saturated heterocycles. The van der Waals surface area contributed by atoms with E-state index in [1.807, 2.05) is 19.2 Å². The summed E-state index contributed by atoms with van der Waals surface area (Å²) in [6.45, 7) is 1.78. The van der Waals surface area contributed by atoms with Gasteiger partial charge in [-0.15, -0.1) is 0 Å². The number of nitrogens with zero attached hydrogens (tertiary/aromatic N) is 1. The van der Waals surface area contributed by atoms with Crippen LogP contribution in [0.25, 0.3) is 0 Å².